The van der Waals surface area contributed by atoms with Crippen LogP contribution in [0, 0.1) is 0 Å². The van der Waals surface area contributed by atoms with E-state index in [-0.39, 0.29) is 5.56 Å². The van der Waals surface area contributed by atoms with E-state index in [1.807, 2.05) is 30.3 Å². The van der Waals surface area contributed by atoms with Crippen molar-refractivity contribution in [1.82, 2.24) is 9.97 Å². The predicted octanol–water partition coefficient (Wildman–Crippen LogP) is -0.0801. The van der Waals surface area contributed by atoms with Crippen molar-refractivity contribution in [3.8, 4) is 0 Å². The van der Waals surface area contributed by atoms with Crippen molar-refractivity contribution in [2.75, 3.05) is 32.7 Å². The first-order valence-electron chi connectivity index (χ1n) is 9.64. The SMILES string of the molecule is O=c1[nH]c(C[NH+]2CC[NH+](C/C=C/c3ccccc3)CC2)nc2ccccc12. The quantitative estimate of drug-likeness (QED) is 0.595. The lowest BCUT2D eigenvalue weighted by atomic mass is 10.2. The summed E-state index contributed by atoms with van der Waals surface area (Å²) in [5.41, 5.74) is 2.00. The molecular weight excluding hydrogens is 336 g/mol. The number of nitrogens with one attached hydrogen (secondary N) is 3. The van der Waals surface area contributed by atoms with Crippen molar-refractivity contribution in [2.24, 2.45) is 0 Å². The largest absolute Gasteiger partial charge is 0.322 e. The number of H-pyrrole nitrogens is 1. The molecule has 1 saturated heterocycles. The first-order chi connectivity index (χ1) is 13.3. The van der Waals surface area contributed by atoms with Crippen molar-refractivity contribution in [3.63, 3.8) is 0 Å². The van der Waals surface area contributed by atoms with Crippen LogP contribution < -0.4 is 15.4 Å². The molecule has 2 heterocycles. The summed E-state index contributed by atoms with van der Waals surface area (Å²) in [6, 6.07) is 18.0. The summed E-state index contributed by atoms with van der Waals surface area (Å²) in [6.45, 7) is 6.34. The Hall–Kier alpha value is -2.76. The molecule has 138 valence electrons. The minimum atomic E-state index is -0.0367. The van der Waals surface area contributed by atoms with Crippen LogP contribution in [0.5, 0.6) is 0 Å². The van der Waals surface area contributed by atoms with E-state index in [2.05, 4.69) is 46.4 Å². The van der Waals surface area contributed by atoms with E-state index in [1.165, 1.54) is 10.5 Å². The van der Waals surface area contributed by atoms with Crippen LogP contribution in [-0.4, -0.2) is 42.7 Å². The second-order valence-electron chi connectivity index (χ2n) is 7.22. The summed E-state index contributed by atoms with van der Waals surface area (Å²) in [5, 5.41) is 0.663. The molecular formula is C22H26N4O+2. The van der Waals surface area contributed by atoms with Crippen LogP contribution in [0.3, 0.4) is 0 Å². The third-order valence-corrected chi connectivity index (χ3v) is 5.26. The van der Waals surface area contributed by atoms with Gasteiger partial charge in [0.2, 0.25) is 0 Å². The van der Waals surface area contributed by atoms with Crippen LogP contribution in [-0.2, 0) is 6.54 Å². The zero-order valence-corrected chi connectivity index (χ0v) is 15.4. The number of hydrogen-bond donors (Lipinski definition) is 3. The standard InChI is InChI=1S/C22H24N4O/c27-22-19-10-4-5-11-20(19)23-21(24-22)17-26-15-13-25(14-16-26)12-6-9-18-7-2-1-3-8-18/h1-11H,12-17H2,(H,23,24,27)/p+2/b9-6+. The Bertz CT molecular complexity index is 972. The van der Waals surface area contributed by atoms with Gasteiger partial charge in [0, 0.05) is 0 Å². The number of quaternary nitrogens is 2. The summed E-state index contributed by atoms with van der Waals surface area (Å²) in [7, 11) is 0. The van der Waals surface area contributed by atoms with E-state index in [9.17, 15) is 4.79 Å². The summed E-state index contributed by atoms with van der Waals surface area (Å²) >= 11 is 0. The molecule has 0 aliphatic carbocycles. The maximum atomic E-state index is 12.2. The summed E-state index contributed by atoms with van der Waals surface area (Å²) in [4.78, 5) is 22.9. The second-order valence-corrected chi connectivity index (χ2v) is 7.22. The van der Waals surface area contributed by atoms with E-state index in [0.29, 0.717) is 5.39 Å². The van der Waals surface area contributed by atoms with Crippen LogP contribution >= 0.6 is 0 Å². The minimum absolute atomic E-state index is 0.0367. The number of benzene rings is 2. The number of fused-ring (bicyclic) bond motifs is 1. The second kappa shape index (κ2) is 8.29. The first kappa shape index (κ1) is 17.6. The molecule has 2 aromatic carbocycles. The minimum Gasteiger partial charge on any atom is -0.322 e. The fourth-order valence-corrected chi connectivity index (χ4v) is 3.72. The fourth-order valence-electron chi connectivity index (χ4n) is 3.72. The Balaban J connectivity index is 1.31. The molecule has 0 bridgehead atoms. The number of nitrogens with zero attached hydrogens (tertiary/aromatic N) is 1. The fraction of sp³-hybridized carbons (Fsp3) is 0.273. The highest BCUT2D eigenvalue weighted by Gasteiger charge is 2.23. The van der Waals surface area contributed by atoms with Crippen molar-refractivity contribution in [1.29, 1.82) is 0 Å². The van der Waals surface area contributed by atoms with Gasteiger partial charge in [0.25, 0.3) is 5.56 Å². The molecule has 4 rings (SSSR count). The van der Waals surface area contributed by atoms with Crippen molar-refractivity contribution < 1.29 is 9.80 Å². The molecule has 5 heteroatoms. The van der Waals surface area contributed by atoms with Crippen LogP contribution in [0.15, 0.2) is 65.5 Å². The number of rotatable bonds is 5. The number of hydrogen-bond acceptors (Lipinski definition) is 2. The predicted molar refractivity (Wildman–Crippen MR) is 108 cm³/mol. The molecule has 3 N–H and O–H groups in total. The van der Waals surface area contributed by atoms with Crippen LogP contribution in [0.25, 0.3) is 17.0 Å². The van der Waals surface area contributed by atoms with Gasteiger partial charge in [-0.25, -0.2) is 4.98 Å². The maximum Gasteiger partial charge on any atom is 0.258 e. The van der Waals surface area contributed by atoms with Gasteiger partial charge in [0.15, 0.2) is 5.82 Å². The van der Waals surface area contributed by atoms with Gasteiger partial charge >= 0.3 is 0 Å². The number of aromatic amines is 1. The van der Waals surface area contributed by atoms with Crippen LogP contribution in [0.1, 0.15) is 11.4 Å². The summed E-state index contributed by atoms with van der Waals surface area (Å²) in [6.07, 6.45) is 4.48. The average molecular weight is 362 g/mol. The van der Waals surface area contributed by atoms with Crippen LogP contribution in [0.2, 0.25) is 0 Å². The normalized spacial score (nSPS) is 20.3. The third kappa shape index (κ3) is 4.51. The monoisotopic (exact) mass is 362 g/mol. The lowest BCUT2D eigenvalue weighted by Crippen LogP contribution is -3.27. The smallest absolute Gasteiger partial charge is 0.258 e. The molecule has 27 heavy (non-hydrogen) atoms. The molecule has 0 unspecified atom stereocenters. The molecule has 1 aliphatic heterocycles. The van der Waals surface area contributed by atoms with Gasteiger partial charge < -0.3 is 14.8 Å². The van der Waals surface area contributed by atoms with E-state index in [1.54, 1.807) is 4.90 Å². The highest BCUT2D eigenvalue weighted by molar-refractivity contribution is 5.77. The van der Waals surface area contributed by atoms with Gasteiger partial charge in [-0.2, -0.15) is 0 Å². The molecule has 0 amide bonds. The molecule has 0 radical (unpaired) electrons. The summed E-state index contributed by atoms with van der Waals surface area (Å²) < 4.78 is 0. The molecule has 0 atom stereocenters. The van der Waals surface area contributed by atoms with Crippen molar-refractivity contribution >= 4 is 17.0 Å². The van der Waals surface area contributed by atoms with E-state index >= 15 is 0 Å². The summed E-state index contributed by atoms with van der Waals surface area (Å²) in [5.74, 6) is 0.793. The Morgan fingerprint density at radius 1 is 0.926 bits per heavy atom. The van der Waals surface area contributed by atoms with Crippen LogP contribution in [0.4, 0.5) is 0 Å². The van der Waals surface area contributed by atoms with Gasteiger partial charge in [0.05, 0.1) is 17.4 Å². The molecule has 1 fully saturated rings. The lowest BCUT2D eigenvalue weighted by Gasteiger charge is -2.28. The van der Waals surface area contributed by atoms with E-state index in [0.717, 1.165) is 50.6 Å². The number of para-hydroxylation sites is 1. The van der Waals surface area contributed by atoms with Gasteiger partial charge in [-0.05, 0) is 23.8 Å². The van der Waals surface area contributed by atoms with Crippen molar-refractivity contribution in [3.05, 3.63) is 82.4 Å². The molecule has 5 nitrogen and oxygen atoms in total. The van der Waals surface area contributed by atoms with E-state index in [4.69, 9.17) is 0 Å². The zero-order valence-electron chi connectivity index (χ0n) is 15.4. The Labute approximate surface area is 159 Å². The van der Waals surface area contributed by atoms with Crippen molar-refractivity contribution in [2.45, 2.75) is 6.54 Å². The van der Waals surface area contributed by atoms with Gasteiger partial charge in [-0.3, -0.25) is 4.79 Å². The van der Waals surface area contributed by atoms with Gasteiger partial charge in [0.1, 0.15) is 32.7 Å². The Kier molecular flexibility index (Phi) is 5.42. The number of aromatic nitrogens is 2. The number of piperazine rings is 1. The lowest BCUT2D eigenvalue weighted by molar-refractivity contribution is -1.02. The molecule has 0 spiro atoms. The Morgan fingerprint density at radius 2 is 1.63 bits per heavy atom. The highest BCUT2D eigenvalue weighted by atomic mass is 16.1. The van der Waals surface area contributed by atoms with Gasteiger partial charge in [-0.15, -0.1) is 0 Å². The van der Waals surface area contributed by atoms with E-state index < -0.39 is 0 Å². The molecule has 0 saturated carbocycles. The molecule has 3 aromatic rings. The third-order valence-electron chi connectivity index (χ3n) is 5.26. The first-order valence-corrected chi connectivity index (χ1v) is 9.64. The molecule has 1 aliphatic rings. The Morgan fingerprint density at radius 3 is 2.44 bits per heavy atom. The van der Waals surface area contributed by atoms with Gasteiger partial charge in [-0.1, -0.05) is 48.5 Å². The molecule has 1 aromatic heterocycles. The maximum absolute atomic E-state index is 12.2. The highest BCUT2D eigenvalue weighted by Crippen LogP contribution is 2.05. The average Bonchev–Trinajstić information content (AvgIpc) is 2.70. The zero-order chi connectivity index (χ0) is 18.5. The topological polar surface area (TPSA) is 54.6 Å².